The summed E-state index contributed by atoms with van der Waals surface area (Å²) in [6, 6.07) is 1.91. The van der Waals surface area contributed by atoms with E-state index in [-0.39, 0.29) is 17.5 Å². The summed E-state index contributed by atoms with van der Waals surface area (Å²) < 4.78 is 0. The molecule has 5 heteroatoms. The maximum atomic E-state index is 12.4. The van der Waals surface area contributed by atoms with Crippen molar-refractivity contribution >= 4 is 12.1 Å². The Labute approximate surface area is 131 Å². The number of likely N-dealkylation sites (tertiary alicyclic amines) is 1. The van der Waals surface area contributed by atoms with E-state index in [1.807, 2.05) is 0 Å². The highest BCUT2D eigenvalue weighted by Crippen LogP contribution is 2.58. The van der Waals surface area contributed by atoms with Crippen LogP contribution in [0.3, 0.4) is 0 Å². The highest BCUT2D eigenvalue weighted by molar-refractivity contribution is 6.26. The fraction of sp³-hybridized carbons (Fsp3) is 0.824. The first kappa shape index (κ1) is 14.2. The van der Waals surface area contributed by atoms with Crippen LogP contribution in [0.25, 0.3) is 0 Å². The number of rotatable bonds is 2. The monoisotopic (exact) mass is 301 g/mol. The van der Waals surface area contributed by atoms with Crippen LogP contribution in [0.1, 0.15) is 51.4 Å². The van der Waals surface area contributed by atoms with E-state index in [1.165, 1.54) is 12.6 Å². The van der Waals surface area contributed by atoms with Gasteiger partial charge in [0.05, 0.1) is 23.4 Å². The Balaban J connectivity index is 1.51. The average Bonchev–Trinajstić information content (AvgIpc) is 2.90. The van der Waals surface area contributed by atoms with Gasteiger partial charge in [-0.3, -0.25) is 9.79 Å². The molecule has 4 saturated carbocycles. The topological polar surface area (TPSA) is 76.7 Å². The molecule has 5 fully saturated rings. The predicted molar refractivity (Wildman–Crippen MR) is 81.2 cm³/mol. The minimum atomic E-state index is -0.548. The Morgan fingerprint density at radius 3 is 2.68 bits per heavy atom. The van der Waals surface area contributed by atoms with Gasteiger partial charge in [0.25, 0.3) is 5.91 Å². The molecule has 0 spiro atoms. The van der Waals surface area contributed by atoms with E-state index in [4.69, 9.17) is 5.26 Å². The van der Waals surface area contributed by atoms with E-state index >= 15 is 0 Å². The largest absolute Gasteiger partial charge is 0.390 e. The van der Waals surface area contributed by atoms with Crippen LogP contribution in [0, 0.1) is 23.2 Å². The molecule has 1 heterocycles. The van der Waals surface area contributed by atoms with Crippen LogP contribution in [-0.2, 0) is 4.79 Å². The van der Waals surface area contributed by atoms with Gasteiger partial charge in [0, 0.05) is 13.0 Å². The molecule has 0 aromatic rings. The van der Waals surface area contributed by atoms with E-state index in [1.54, 1.807) is 4.90 Å². The molecule has 1 aliphatic heterocycles. The zero-order chi connectivity index (χ0) is 15.4. The van der Waals surface area contributed by atoms with Crippen molar-refractivity contribution in [1.82, 2.24) is 4.90 Å². The summed E-state index contributed by atoms with van der Waals surface area (Å²) in [6.45, 7) is 0.658. The van der Waals surface area contributed by atoms with Crippen LogP contribution < -0.4 is 0 Å². The standard InChI is InChI=1S/C17H23N3O2/c18-9-14-2-1-3-20(14)15(21)10-19-16-5-12-4-13(6-16)8-17(22,7-12)11-16/h10,12-14,22H,1-8,11H2. The second-order valence-electron chi connectivity index (χ2n) is 7.99. The highest BCUT2D eigenvalue weighted by Gasteiger charge is 2.57. The molecule has 22 heavy (non-hydrogen) atoms. The molecule has 1 saturated heterocycles. The number of carbonyl (C=O) groups is 1. The molecule has 3 unspecified atom stereocenters. The normalized spacial score (nSPS) is 46.4. The summed E-state index contributed by atoms with van der Waals surface area (Å²) in [5.74, 6) is 1.00. The van der Waals surface area contributed by atoms with Crippen LogP contribution in [0.4, 0.5) is 0 Å². The van der Waals surface area contributed by atoms with Gasteiger partial charge in [0.2, 0.25) is 0 Å². The Morgan fingerprint density at radius 2 is 2.05 bits per heavy atom. The van der Waals surface area contributed by atoms with Crippen molar-refractivity contribution in [3.63, 3.8) is 0 Å². The zero-order valence-electron chi connectivity index (χ0n) is 12.9. The number of hydrogen-bond acceptors (Lipinski definition) is 4. The van der Waals surface area contributed by atoms with Crippen molar-refractivity contribution in [2.45, 2.75) is 68.5 Å². The molecular weight excluding hydrogens is 278 g/mol. The quantitative estimate of drug-likeness (QED) is 0.788. The molecule has 5 rings (SSSR count). The third-order valence-electron chi connectivity index (χ3n) is 6.13. The summed E-state index contributed by atoms with van der Waals surface area (Å²) in [7, 11) is 0. The van der Waals surface area contributed by atoms with Gasteiger partial charge < -0.3 is 10.0 Å². The summed E-state index contributed by atoms with van der Waals surface area (Å²) in [4.78, 5) is 18.7. The second kappa shape index (κ2) is 4.79. The van der Waals surface area contributed by atoms with Crippen LogP contribution >= 0.6 is 0 Å². The van der Waals surface area contributed by atoms with Crippen molar-refractivity contribution in [3.8, 4) is 6.07 Å². The molecule has 0 aromatic heterocycles. The molecule has 1 N–H and O–H groups in total. The third kappa shape index (κ3) is 2.25. The Hall–Kier alpha value is -1.41. The van der Waals surface area contributed by atoms with E-state index in [0.717, 1.165) is 38.5 Å². The first-order valence-corrected chi connectivity index (χ1v) is 8.49. The van der Waals surface area contributed by atoms with Gasteiger partial charge in [-0.25, -0.2) is 0 Å². The van der Waals surface area contributed by atoms with Gasteiger partial charge in [-0.15, -0.1) is 0 Å². The lowest BCUT2D eigenvalue weighted by Gasteiger charge is -2.58. The van der Waals surface area contributed by atoms with Crippen molar-refractivity contribution < 1.29 is 9.90 Å². The van der Waals surface area contributed by atoms with Gasteiger partial charge in [-0.2, -0.15) is 5.26 Å². The highest BCUT2D eigenvalue weighted by atomic mass is 16.3. The number of aliphatic hydroxyl groups is 1. The molecule has 118 valence electrons. The molecule has 5 nitrogen and oxygen atoms in total. The lowest BCUT2D eigenvalue weighted by molar-refractivity contribution is -0.133. The SMILES string of the molecule is N#CC1CCCN1C(=O)C=NC12CC3CC(CC(O)(C3)C1)C2. The predicted octanol–water partition coefficient (Wildman–Crippen LogP) is 1.66. The molecule has 0 aromatic carbocycles. The smallest absolute Gasteiger partial charge is 0.265 e. The van der Waals surface area contributed by atoms with Crippen molar-refractivity contribution in [2.75, 3.05) is 6.54 Å². The van der Waals surface area contributed by atoms with Crippen LogP contribution in [0.15, 0.2) is 4.99 Å². The number of hydrogen-bond donors (Lipinski definition) is 1. The van der Waals surface area contributed by atoms with Crippen molar-refractivity contribution in [3.05, 3.63) is 0 Å². The maximum absolute atomic E-state index is 12.4. The Bertz CT molecular complexity index is 551. The minimum Gasteiger partial charge on any atom is -0.390 e. The molecule has 0 radical (unpaired) electrons. The number of amides is 1. The van der Waals surface area contributed by atoms with Gasteiger partial charge in [0.1, 0.15) is 6.04 Å². The molecule has 3 atom stereocenters. The maximum Gasteiger partial charge on any atom is 0.265 e. The van der Waals surface area contributed by atoms with E-state index in [2.05, 4.69) is 11.1 Å². The summed E-state index contributed by atoms with van der Waals surface area (Å²) >= 11 is 0. The fourth-order valence-electron chi connectivity index (χ4n) is 5.75. The van der Waals surface area contributed by atoms with Gasteiger partial charge >= 0.3 is 0 Å². The Kier molecular flexibility index (Phi) is 3.09. The first-order valence-electron chi connectivity index (χ1n) is 8.49. The number of nitriles is 1. The average molecular weight is 301 g/mol. The molecule has 4 aliphatic carbocycles. The van der Waals surface area contributed by atoms with Gasteiger partial charge in [-0.1, -0.05) is 0 Å². The third-order valence-corrected chi connectivity index (χ3v) is 6.13. The first-order chi connectivity index (χ1) is 10.5. The van der Waals surface area contributed by atoms with E-state index in [0.29, 0.717) is 24.8 Å². The minimum absolute atomic E-state index is 0.133. The van der Waals surface area contributed by atoms with E-state index < -0.39 is 5.60 Å². The van der Waals surface area contributed by atoms with Crippen molar-refractivity contribution in [1.29, 1.82) is 5.26 Å². The molecule has 1 amide bonds. The number of carbonyl (C=O) groups excluding carboxylic acids is 1. The summed E-state index contributed by atoms with van der Waals surface area (Å²) in [5, 5.41) is 19.8. The number of nitrogens with zero attached hydrogens (tertiary/aromatic N) is 3. The van der Waals surface area contributed by atoms with E-state index in [9.17, 15) is 9.90 Å². The lowest BCUT2D eigenvalue weighted by atomic mass is 9.51. The lowest BCUT2D eigenvalue weighted by Crippen LogP contribution is -2.58. The Morgan fingerprint density at radius 1 is 1.32 bits per heavy atom. The number of aliphatic imine (C=N–C) groups is 1. The van der Waals surface area contributed by atoms with Crippen LogP contribution in [-0.4, -0.2) is 45.9 Å². The zero-order valence-corrected chi connectivity index (χ0v) is 12.9. The fourth-order valence-corrected chi connectivity index (χ4v) is 5.75. The van der Waals surface area contributed by atoms with Gasteiger partial charge in [-0.05, 0) is 56.8 Å². The molecule has 4 bridgehead atoms. The molecule has 5 aliphatic rings. The van der Waals surface area contributed by atoms with Gasteiger partial charge in [0.15, 0.2) is 0 Å². The molecular formula is C17H23N3O2. The van der Waals surface area contributed by atoms with Crippen LogP contribution in [0.5, 0.6) is 0 Å². The summed E-state index contributed by atoms with van der Waals surface area (Å²) in [5.41, 5.74) is -0.774. The summed E-state index contributed by atoms with van der Waals surface area (Å²) in [6.07, 6.45) is 8.89. The van der Waals surface area contributed by atoms with Crippen LogP contribution in [0.2, 0.25) is 0 Å². The second-order valence-corrected chi connectivity index (χ2v) is 7.99. The van der Waals surface area contributed by atoms with Crippen molar-refractivity contribution in [2.24, 2.45) is 16.8 Å².